The fourth-order valence-corrected chi connectivity index (χ4v) is 3.76. The Balaban J connectivity index is 1.62. The number of likely N-dealkylation sites (tertiary alicyclic amines) is 1. The van der Waals surface area contributed by atoms with Crippen LogP contribution in [-0.4, -0.2) is 52.8 Å². The first-order valence-corrected chi connectivity index (χ1v) is 8.90. The zero-order valence-electron chi connectivity index (χ0n) is 13.1. The first kappa shape index (κ1) is 15.6. The number of hydrogen-bond donors (Lipinski definition) is 0. The second-order valence-electron chi connectivity index (χ2n) is 5.88. The minimum Gasteiger partial charge on any atom is -0.385 e. The molecule has 1 fully saturated rings. The van der Waals surface area contributed by atoms with Gasteiger partial charge in [0.05, 0.1) is 17.7 Å². The zero-order valence-corrected chi connectivity index (χ0v) is 14.0. The van der Waals surface area contributed by atoms with Crippen LogP contribution in [0.15, 0.2) is 23.3 Å². The van der Waals surface area contributed by atoms with E-state index in [2.05, 4.69) is 31.0 Å². The van der Waals surface area contributed by atoms with Gasteiger partial charge in [0.25, 0.3) is 0 Å². The van der Waals surface area contributed by atoms with Crippen LogP contribution in [0.25, 0.3) is 0 Å². The van der Waals surface area contributed by atoms with Gasteiger partial charge in [0, 0.05) is 50.5 Å². The van der Waals surface area contributed by atoms with Crippen molar-refractivity contribution in [2.24, 2.45) is 0 Å². The third-order valence-electron chi connectivity index (χ3n) is 4.26. The summed E-state index contributed by atoms with van der Waals surface area (Å²) in [5, 5.41) is 2.11. The average molecular weight is 320 g/mol. The molecule has 3 rings (SSSR count). The van der Waals surface area contributed by atoms with Crippen LogP contribution in [0.1, 0.15) is 36.7 Å². The van der Waals surface area contributed by atoms with Crippen LogP contribution in [0.5, 0.6) is 0 Å². The summed E-state index contributed by atoms with van der Waals surface area (Å²) in [7, 11) is 1.77. The van der Waals surface area contributed by atoms with Gasteiger partial charge >= 0.3 is 0 Å². The Morgan fingerprint density at radius 2 is 2.36 bits per heavy atom. The zero-order chi connectivity index (χ0) is 15.2. The topological polar surface area (TPSA) is 43.2 Å². The minimum atomic E-state index is 0.532. The van der Waals surface area contributed by atoms with E-state index in [0.29, 0.717) is 5.92 Å². The van der Waals surface area contributed by atoms with E-state index in [1.807, 2.05) is 11.7 Å². The maximum atomic E-state index is 5.16. The molecule has 6 heteroatoms. The van der Waals surface area contributed by atoms with Crippen LogP contribution in [0.3, 0.4) is 0 Å². The molecule has 1 aliphatic rings. The monoisotopic (exact) mass is 320 g/mol. The van der Waals surface area contributed by atoms with Gasteiger partial charge in [-0.25, -0.2) is 9.97 Å². The van der Waals surface area contributed by atoms with Crippen LogP contribution in [0.4, 0.5) is 0 Å². The van der Waals surface area contributed by atoms with E-state index in [-0.39, 0.29) is 0 Å². The van der Waals surface area contributed by atoms with Gasteiger partial charge in [-0.05, 0) is 25.8 Å². The number of imidazole rings is 1. The van der Waals surface area contributed by atoms with Gasteiger partial charge in [-0.15, -0.1) is 11.3 Å². The van der Waals surface area contributed by atoms with E-state index < -0.39 is 0 Å². The van der Waals surface area contributed by atoms with E-state index in [1.165, 1.54) is 25.2 Å². The van der Waals surface area contributed by atoms with Gasteiger partial charge in [0.15, 0.2) is 0 Å². The second kappa shape index (κ2) is 7.85. The normalized spacial score (nSPS) is 19.6. The van der Waals surface area contributed by atoms with Gasteiger partial charge in [-0.3, -0.25) is 0 Å². The molecule has 3 heterocycles. The molecule has 0 radical (unpaired) electrons. The number of ether oxygens (including phenoxy) is 1. The first-order valence-electron chi connectivity index (χ1n) is 7.96. The molecule has 2 aromatic rings. The molecule has 22 heavy (non-hydrogen) atoms. The summed E-state index contributed by atoms with van der Waals surface area (Å²) in [6.45, 7) is 5.11. The lowest BCUT2D eigenvalue weighted by Crippen LogP contribution is -2.36. The Morgan fingerprint density at radius 1 is 1.41 bits per heavy atom. The number of methoxy groups -OCH3 is 1. The molecular formula is C16H24N4OS. The number of thiazole rings is 1. The Labute approximate surface area is 136 Å². The fourth-order valence-electron chi connectivity index (χ4n) is 3.21. The lowest BCUT2D eigenvalue weighted by Gasteiger charge is -2.32. The molecule has 5 nitrogen and oxygen atoms in total. The Bertz CT molecular complexity index is 554. The van der Waals surface area contributed by atoms with Crippen molar-refractivity contribution >= 4 is 11.3 Å². The molecule has 0 aliphatic carbocycles. The van der Waals surface area contributed by atoms with Gasteiger partial charge in [0.2, 0.25) is 0 Å². The quantitative estimate of drug-likeness (QED) is 0.736. The molecule has 1 saturated heterocycles. The number of nitrogens with zero attached hydrogens (tertiary/aromatic N) is 4. The van der Waals surface area contributed by atoms with Crippen LogP contribution < -0.4 is 0 Å². The highest BCUT2D eigenvalue weighted by Crippen LogP contribution is 2.26. The number of rotatable bonds is 7. The summed E-state index contributed by atoms with van der Waals surface area (Å²) in [5.41, 5.74) is 3.02. The van der Waals surface area contributed by atoms with Crippen molar-refractivity contribution in [1.29, 1.82) is 0 Å². The average Bonchev–Trinajstić information content (AvgIpc) is 3.20. The van der Waals surface area contributed by atoms with Crippen molar-refractivity contribution in [3.8, 4) is 0 Å². The van der Waals surface area contributed by atoms with Crippen molar-refractivity contribution in [1.82, 2.24) is 19.4 Å². The predicted molar refractivity (Wildman–Crippen MR) is 88.4 cm³/mol. The van der Waals surface area contributed by atoms with Crippen LogP contribution in [-0.2, 0) is 11.3 Å². The van der Waals surface area contributed by atoms with Crippen LogP contribution in [0, 0.1) is 0 Å². The summed E-state index contributed by atoms with van der Waals surface area (Å²) in [4.78, 5) is 11.6. The molecule has 0 aromatic carbocycles. The van der Waals surface area contributed by atoms with E-state index in [1.54, 1.807) is 18.4 Å². The molecular weight excluding hydrogens is 296 g/mol. The van der Waals surface area contributed by atoms with Crippen molar-refractivity contribution in [2.45, 2.75) is 31.7 Å². The SMILES string of the molecule is COCCCN1CCC[C@@H](c2nccn2Cc2cscn2)C1. The van der Waals surface area contributed by atoms with Gasteiger partial charge in [-0.1, -0.05) is 0 Å². The highest BCUT2D eigenvalue weighted by molar-refractivity contribution is 7.07. The standard InChI is InChI=1S/C16H24N4OS/c1-21-9-3-7-19-6-2-4-14(10-19)16-17-5-8-20(16)11-15-12-22-13-18-15/h5,8,12-14H,2-4,6-7,9-11H2,1H3/t14-/m1/s1. The maximum absolute atomic E-state index is 5.16. The smallest absolute Gasteiger partial charge is 0.113 e. The molecule has 0 spiro atoms. The maximum Gasteiger partial charge on any atom is 0.113 e. The Morgan fingerprint density at radius 3 is 3.18 bits per heavy atom. The summed E-state index contributed by atoms with van der Waals surface area (Å²) in [5.74, 6) is 1.74. The number of piperidine rings is 1. The molecule has 0 N–H and O–H groups in total. The summed E-state index contributed by atoms with van der Waals surface area (Å²) >= 11 is 1.65. The molecule has 1 atom stereocenters. The number of aromatic nitrogens is 3. The Kier molecular flexibility index (Phi) is 5.58. The number of hydrogen-bond acceptors (Lipinski definition) is 5. The molecule has 0 saturated carbocycles. The molecule has 1 aliphatic heterocycles. The highest BCUT2D eigenvalue weighted by Gasteiger charge is 2.24. The molecule has 0 amide bonds. The van der Waals surface area contributed by atoms with Crippen molar-refractivity contribution in [2.75, 3.05) is 33.4 Å². The van der Waals surface area contributed by atoms with E-state index >= 15 is 0 Å². The van der Waals surface area contributed by atoms with Crippen LogP contribution in [0.2, 0.25) is 0 Å². The highest BCUT2D eigenvalue weighted by atomic mass is 32.1. The fraction of sp³-hybridized carbons (Fsp3) is 0.625. The molecule has 0 unspecified atom stereocenters. The summed E-state index contributed by atoms with van der Waals surface area (Å²) in [6.07, 6.45) is 7.59. The largest absolute Gasteiger partial charge is 0.385 e. The Hall–Kier alpha value is -1.24. The van der Waals surface area contributed by atoms with Gasteiger partial charge in [-0.2, -0.15) is 0 Å². The van der Waals surface area contributed by atoms with Crippen molar-refractivity contribution in [3.63, 3.8) is 0 Å². The van der Waals surface area contributed by atoms with Crippen LogP contribution >= 0.6 is 11.3 Å². The van der Waals surface area contributed by atoms with Crippen molar-refractivity contribution in [3.05, 3.63) is 34.8 Å². The van der Waals surface area contributed by atoms with Gasteiger partial charge in [0.1, 0.15) is 5.82 Å². The summed E-state index contributed by atoms with van der Waals surface area (Å²) < 4.78 is 7.42. The summed E-state index contributed by atoms with van der Waals surface area (Å²) in [6, 6.07) is 0. The second-order valence-corrected chi connectivity index (χ2v) is 6.60. The van der Waals surface area contributed by atoms with Crippen molar-refractivity contribution < 1.29 is 4.74 Å². The molecule has 2 aromatic heterocycles. The van der Waals surface area contributed by atoms with Gasteiger partial charge < -0.3 is 14.2 Å². The lowest BCUT2D eigenvalue weighted by molar-refractivity contribution is 0.153. The molecule has 120 valence electrons. The van der Waals surface area contributed by atoms with E-state index in [9.17, 15) is 0 Å². The first-order chi connectivity index (χ1) is 10.9. The van der Waals surface area contributed by atoms with E-state index in [0.717, 1.165) is 38.4 Å². The lowest BCUT2D eigenvalue weighted by atomic mass is 9.97. The van der Waals surface area contributed by atoms with E-state index in [4.69, 9.17) is 4.74 Å². The third kappa shape index (κ3) is 3.94. The predicted octanol–water partition coefficient (Wildman–Crippen LogP) is 2.60. The minimum absolute atomic E-state index is 0.532. The molecule has 0 bridgehead atoms. The third-order valence-corrected chi connectivity index (χ3v) is 4.89.